The maximum Gasteiger partial charge on any atom is 0.277 e. The van der Waals surface area contributed by atoms with Crippen LogP contribution in [-0.4, -0.2) is 69.9 Å². The van der Waals surface area contributed by atoms with E-state index in [4.69, 9.17) is 9.76 Å². The molecule has 0 spiro atoms. The first kappa shape index (κ1) is 16.4. The predicted octanol–water partition coefficient (Wildman–Crippen LogP) is -1.83. The smallest absolute Gasteiger partial charge is 0.277 e. The molecule has 0 aromatic carbocycles. The van der Waals surface area contributed by atoms with Crippen molar-refractivity contribution in [3.63, 3.8) is 0 Å². The zero-order chi connectivity index (χ0) is 9.52. The summed E-state index contributed by atoms with van der Waals surface area (Å²) in [4.78, 5) is 21.2. The Morgan fingerprint density at radius 3 is 1.93 bits per heavy atom. The Labute approximate surface area is 102 Å². The molecular weight excluding hydrogens is 227 g/mol. The SMILES string of the molecule is N.O=C1CC(S(=O)(=O)O)C(=O)N1O.[Na]. The predicted molar refractivity (Wildman–Crippen MR) is 44.4 cm³/mol. The minimum absolute atomic E-state index is 0. The molecule has 1 atom stereocenters. The Balaban J connectivity index is 0. The Morgan fingerprint density at radius 1 is 1.36 bits per heavy atom. The zero-order valence-corrected chi connectivity index (χ0v) is 10.2. The van der Waals surface area contributed by atoms with E-state index in [2.05, 4.69) is 0 Å². The molecule has 1 aliphatic rings. The summed E-state index contributed by atoms with van der Waals surface area (Å²) in [7, 11) is -4.59. The van der Waals surface area contributed by atoms with E-state index in [1.165, 1.54) is 0 Å². The minimum Gasteiger partial charge on any atom is -0.344 e. The topological polar surface area (TPSA) is 147 Å². The van der Waals surface area contributed by atoms with Crippen molar-refractivity contribution in [2.45, 2.75) is 11.7 Å². The molecule has 1 fully saturated rings. The van der Waals surface area contributed by atoms with E-state index < -0.39 is 33.6 Å². The van der Waals surface area contributed by atoms with Crippen LogP contribution in [0.3, 0.4) is 0 Å². The number of hydrogen-bond donors (Lipinski definition) is 3. The molecule has 0 aliphatic carbocycles. The van der Waals surface area contributed by atoms with Gasteiger partial charge in [-0.2, -0.15) is 13.5 Å². The second-order valence-electron chi connectivity index (χ2n) is 2.25. The molecule has 1 rings (SSSR count). The van der Waals surface area contributed by atoms with Gasteiger partial charge in [-0.25, -0.2) is 0 Å². The van der Waals surface area contributed by atoms with Crippen LogP contribution in [0.25, 0.3) is 0 Å². The number of carbonyl (C=O) groups excluding carboxylic acids is 2. The van der Waals surface area contributed by atoms with Gasteiger partial charge in [0, 0.05) is 29.6 Å². The van der Waals surface area contributed by atoms with E-state index in [1.807, 2.05) is 0 Å². The summed E-state index contributed by atoms with van der Waals surface area (Å²) in [5.41, 5.74) is 0. The van der Waals surface area contributed by atoms with E-state index in [0.29, 0.717) is 0 Å². The molecule has 0 saturated carbocycles. The number of hydrogen-bond acceptors (Lipinski definition) is 6. The number of imide groups is 1. The van der Waals surface area contributed by atoms with Gasteiger partial charge in [0.1, 0.15) is 0 Å². The van der Waals surface area contributed by atoms with Gasteiger partial charge in [-0.05, 0) is 0 Å². The normalized spacial score (nSPS) is 21.6. The number of rotatable bonds is 1. The van der Waals surface area contributed by atoms with Crippen LogP contribution in [0.4, 0.5) is 0 Å². The maximum atomic E-state index is 10.7. The first-order chi connectivity index (χ1) is 5.34. The molecule has 1 unspecified atom stereocenters. The fourth-order valence-electron chi connectivity index (χ4n) is 0.824. The van der Waals surface area contributed by atoms with Gasteiger partial charge in [0.05, 0.1) is 6.42 Å². The third kappa shape index (κ3) is 2.98. The van der Waals surface area contributed by atoms with Crippen LogP contribution in [0.5, 0.6) is 0 Å². The van der Waals surface area contributed by atoms with E-state index in [-0.39, 0.29) is 40.8 Å². The van der Waals surface area contributed by atoms with Gasteiger partial charge in [-0.1, -0.05) is 0 Å². The molecule has 1 radical (unpaired) electrons. The molecule has 0 aromatic rings. The first-order valence-corrected chi connectivity index (χ1v) is 4.36. The summed E-state index contributed by atoms with van der Waals surface area (Å²) < 4.78 is 29.1. The van der Waals surface area contributed by atoms with Crippen LogP contribution in [0.15, 0.2) is 0 Å². The van der Waals surface area contributed by atoms with Gasteiger partial charge >= 0.3 is 0 Å². The standard InChI is InChI=1S/C4H5NO6S.H3N.Na/c6-3-1-2(12(9,10)11)4(7)5(3)8;;/h2,8H,1H2,(H,9,10,11);1H3;. The van der Waals surface area contributed by atoms with Gasteiger partial charge in [0.15, 0.2) is 5.25 Å². The largest absolute Gasteiger partial charge is 0.344 e. The number of carbonyl (C=O) groups is 2. The Kier molecular flexibility index (Phi) is 6.05. The molecule has 5 N–H and O–H groups in total. The molecule has 10 heteroatoms. The Morgan fingerprint density at radius 2 is 1.79 bits per heavy atom. The van der Waals surface area contributed by atoms with Gasteiger partial charge in [0.25, 0.3) is 21.9 Å². The van der Waals surface area contributed by atoms with Crippen LogP contribution in [-0.2, 0) is 19.7 Å². The van der Waals surface area contributed by atoms with Crippen molar-refractivity contribution in [1.29, 1.82) is 0 Å². The van der Waals surface area contributed by atoms with Crippen LogP contribution in [0.1, 0.15) is 6.42 Å². The molecule has 2 amide bonds. The molecule has 0 bridgehead atoms. The molecule has 0 aromatic heterocycles. The van der Waals surface area contributed by atoms with Crippen molar-refractivity contribution in [3.05, 3.63) is 0 Å². The van der Waals surface area contributed by atoms with E-state index in [9.17, 15) is 18.0 Å². The van der Waals surface area contributed by atoms with Gasteiger partial charge in [0.2, 0.25) is 0 Å². The van der Waals surface area contributed by atoms with Crippen molar-refractivity contribution in [1.82, 2.24) is 11.2 Å². The van der Waals surface area contributed by atoms with Crippen LogP contribution >= 0.6 is 0 Å². The summed E-state index contributed by atoms with van der Waals surface area (Å²) in [6, 6.07) is 0. The third-order valence-electron chi connectivity index (χ3n) is 1.44. The maximum absolute atomic E-state index is 10.7. The second-order valence-corrected chi connectivity index (χ2v) is 3.85. The molecule has 1 heterocycles. The third-order valence-corrected chi connectivity index (χ3v) is 2.53. The van der Waals surface area contributed by atoms with Gasteiger partial charge in [-0.3, -0.25) is 19.3 Å². The number of nitrogens with zero attached hydrogens (tertiary/aromatic N) is 1. The fraction of sp³-hybridized carbons (Fsp3) is 0.500. The van der Waals surface area contributed by atoms with Crippen LogP contribution < -0.4 is 6.15 Å². The van der Waals surface area contributed by atoms with Gasteiger partial charge < -0.3 is 6.15 Å². The van der Waals surface area contributed by atoms with Crippen molar-refractivity contribution in [2.24, 2.45) is 0 Å². The van der Waals surface area contributed by atoms with E-state index in [1.54, 1.807) is 0 Å². The van der Waals surface area contributed by atoms with Crippen molar-refractivity contribution in [3.8, 4) is 0 Å². The first-order valence-electron chi connectivity index (χ1n) is 2.86. The average Bonchev–Trinajstić information content (AvgIpc) is 2.15. The summed E-state index contributed by atoms with van der Waals surface area (Å²) >= 11 is 0. The Bertz CT molecular complexity index is 340. The van der Waals surface area contributed by atoms with Gasteiger partial charge in [-0.15, -0.1) is 0 Å². The summed E-state index contributed by atoms with van der Waals surface area (Å²) in [5.74, 6) is -2.36. The summed E-state index contributed by atoms with van der Waals surface area (Å²) in [5, 5.41) is 6.40. The van der Waals surface area contributed by atoms with E-state index >= 15 is 0 Å². The summed E-state index contributed by atoms with van der Waals surface area (Å²) in [6.07, 6.45) is -0.714. The molecule has 77 valence electrons. The molecule has 8 nitrogen and oxygen atoms in total. The average molecular weight is 235 g/mol. The van der Waals surface area contributed by atoms with Crippen molar-refractivity contribution in [2.75, 3.05) is 0 Å². The van der Waals surface area contributed by atoms with E-state index in [0.717, 1.165) is 0 Å². The number of hydroxylamine groups is 2. The van der Waals surface area contributed by atoms with Crippen LogP contribution in [0, 0.1) is 0 Å². The molecule has 1 aliphatic heterocycles. The zero-order valence-electron chi connectivity index (χ0n) is 7.37. The quantitative estimate of drug-likeness (QED) is 0.209. The molecule has 1 saturated heterocycles. The minimum atomic E-state index is -4.59. The van der Waals surface area contributed by atoms with Crippen molar-refractivity contribution < 1.29 is 27.8 Å². The summed E-state index contributed by atoms with van der Waals surface area (Å²) in [6.45, 7) is 0. The Hall–Kier alpha value is -0.0300. The van der Waals surface area contributed by atoms with Crippen molar-refractivity contribution >= 4 is 51.5 Å². The van der Waals surface area contributed by atoms with Crippen LogP contribution in [0.2, 0.25) is 0 Å². The monoisotopic (exact) mass is 235 g/mol. The molecular formula is C4H8N2NaO6S. The number of amides is 2. The molecule has 14 heavy (non-hydrogen) atoms. The second kappa shape index (κ2) is 5.16. The fourth-order valence-corrected chi connectivity index (χ4v) is 1.53.